The number of rotatable bonds is 2. The predicted octanol–water partition coefficient (Wildman–Crippen LogP) is 1.12. The maximum atomic E-state index is 9.15. The monoisotopic (exact) mass is 207 g/mol. The van der Waals surface area contributed by atoms with Crippen LogP contribution in [0, 0.1) is 5.92 Å². The number of aliphatic hydroxyl groups is 1. The fourth-order valence-electron chi connectivity index (χ4n) is 1.61. The van der Waals surface area contributed by atoms with Gasteiger partial charge in [0, 0.05) is 5.92 Å². The van der Waals surface area contributed by atoms with Crippen LogP contribution in [0.2, 0.25) is 0 Å². The summed E-state index contributed by atoms with van der Waals surface area (Å²) in [4.78, 5) is 5.09. The van der Waals surface area contributed by atoms with Crippen LogP contribution in [-0.2, 0) is 4.84 Å². The van der Waals surface area contributed by atoms with Crippen molar-refractivity contribution in [2.45, 2.75) is 13.0 Å². The molecule has 1 aliphatic heterocycles. The Morgan fingerprint density at radius 1 is 1.33 bits per heavy atom. The summed E-state index contributed by atoms with van der Waals surface area (Å²) in [5.74, 6) is 0.296. The van der Waals surface area contributed by atoms with E-state index in [1.807, 2.05) is 6.92 Å². The van der Waals surface area contributed by atoms with Gasteiger partial charge >= 0.3 is 0 Å². The van der Waals surface area contributed by atoms with Crippen molar-refractivity contribution in [2.75, 3.05) is 6.61 Å². The number of phenols is 1. The maximum absolute atomic E-state index is 9.15. The first kappa shape index (κ1) is 9.98. The fraction of sp³-hybridized carbons (Fsp3) is 0.364. The summed E-state index contributed by atoms with van der Waals surface area (Å²) in [6, 6.07) is 6.79. The molecule has 0 amide bonds. The van der Waals surface area contributed by atoms with Crippen LogP contribution in [0.5, 0.6) is 5.75 Å². The molecule has 1 aromatic carbocycles. The van der Waals surface area contributed by atoms with E-state index in [4.69, 9.17) is 15.1 Å². The van der Waals surface area contributed by atoms with Gasteiger partial charge in [-0.05, 0) is 29.8 Å². The Labute approximate surface area is 87.8 Å². The van der Waals surface area contributed by atoms with Crippen molar-refractivity contribution >= 4 is 5.71 Å². The first-order valence-electron chi connectivity index (χ1n) is 4.86. The molecule has 0 bridgehead atoms. The summed E-state index contributed by atoms with van der Waals surface area (Å²) in [5.41, 5.74) is 1.73. The van der Waals surface area contributed by atoms with Crippen molar-refractivity contribution in [3.63, 3.8) is 0 Å². The number of oxime groups is 1. The van der Waals surface area contributed by atoms with Crippen molar-refractivity contribution in [3.05, 3.63) is 29.8 Å². The number of hydrogen-bond acceptors (Lipinski definition) is 4. The van der Waals surface area contributed by atoms with E-state index in [9.17, 15) is 0 Å². The van der Waals surface area contributed by atoms with Crippen LogP contribution in [0.25, 0.3) is 0 Å². The zero-order valence-corrected chi connectivity index (χ0v) is 8.42. The molecule has 1 heterocycles. The highest BCUT2D eigenvalue weighted by Crippen LogP contribution is 2.23. The molecule has 0 fully saturated rings. The Balaban J connectivity index is 2.22. The Kier molecular flexibility index (Phi) is 2.60. The molecule has 1 aliphatic rings. The molecule has 4 heteroatoms. The second-order valence-corrected chi connectivity index (χ2v) is 3.64. The van der Waals surface area contributed by atoms with Gasteiger partial charge in [0.2, 0.25) is 0 Å². The molecule has 0 radical (unpaired) electrons. The van der Waals surface area contributed by atoms with E-state index in [1.54, 1.807) is 24.3 Å². The van der Waals surface area contributed by atoms with E-state index in [0.29, 0.717) is 0 Å². The summed E-state index contributed by atoms with van der Waals surface area (Å²) < 4.78 is 0. The molecule has 2 atom stereocenters. The van der Waals surface area contributed by atoms with Gasteiger partial charge in [-0.3, -0.25) is 0 Å². The number of hydrogen-bond donors (Lipinski definition) is 2. The number of benzene rings is 1. The number of aliphatic hydroxyl groups excluding tert-OH is 1. The van der Waals surface area contributed by atoms with Crippen LogP contribution in [0.1, 0.15) is 12.5 Å². The summed E-state index contributed by atoms with van der Waals surface area (Å²) in [6.45, 7) is 1.92. The Morgan fingerprint density at radius 2 is 2.00 bits per heavy atom. The lowest BCUT2D eigenvalue weighted by Gasteiger charge is -2.11. The van der Waals surface area contributed by atoms with Crippen LogP contribution in [0.3, 0.4) is 0 Å². The topological polar surface area (TPSA) is 62.1 Å². The quantitative estimate of drug-likeness (QED) is 0.764. The van der Waals surface area contributed by atoms with Gasteiger partial charge in [-0.1, -0.05) is 12.1 Å². The van der Waals surface area contributed by atoms with Crippen molar-refractivity contribution in [1.82, 2.24) is 0 Å². The summed E-state index contributed by atoms with van der Waals surface area (Å²) >= 11 is 0. The van der Waals surface area contributed by atoms with Crippen molar-refractivity contribution < 1.29 is 15.1 Å². The minimum Gasteiger partial charge on any atom is -0.508 e. The zero-order valence-electron chi connectivity index (χ0n) is 8.42. The van der Waals surface area contributed by atoms with Gasteiger partial charge in [-0.25, -0.2) is 0 Å². The van der Waals surface area contributed by atoms with Gasteiger partial charge in [0.1, 0.15) is 5.75 Å². The lowest BCUT2D eigenvalue weighted by atomic mass is 9.94. The van der Waals surface area contributed by atoms with Gasteiger partial charge < -0.3 is 15.1 Å². The summed E-state index contributed by atoms with van der Waals surface area (Å²) in [5, 5.41) is 22.1. The second kappa shape index (κ2) is 3.90. The number of nitrogens with zero attached hydrogens (tertiary/aromatic N) is 1. The van der Waals surface area contributed by atoms with Gasteiger partial charge in [0.05, 0.1) is 12.3 Å². The lowest BCUT2D eigenvalue weighted by molar-refractivity contribution is 0.0211. The fourth-order valence-corrected chi connectivity index (χ4v) is 1.61. The van der Waals surface area contributed by atoms with Gasteiger partial charge in [-0.2, -0.15) is 0 Å². The maximum Gasteiger partial charge on any atom is 0.158 e. The highest BCUT2D eigenvalue weighted by atomic mass is 16.6. The normalized spacial score (nSPS) is 24.8. The average Bonchev–Trinajstić information content (AvgIpc) is 2.61. The van der Waals surface area contributed by atoms with Gasteiger partial charge in [0.25, 0.3) is 0 Å². The molecular formula is C11H13NO3. The first-order chi connectivity index (χ1) is 7.22. The second-order valence-electron chi connectivity index (χ2n) is 3.64. The SMILES string of the molecule is CC1C(c2ccc(O)cc2)=NOC1CO. The first-order valence-corrected chi connectivity index (χ1v) is 4.86. The van der Waals surface area contributed by atoms with Crippen LogP contribution >= 0.6 is 0 Å². The van der Waals surface area contributed by atoms with E-state index in [2.05, 4.69) is 5.16 Å². The van der Waals surface area contributed by atoms with Crippen LogP contribution in [-0.4, -0.2) is 28.6 Å². The Morgan fingerprint density at radius 3 is 2.53 bits per heavy atom. The molecule has 0 aliphatic carbocycles. The highest BCUT2D eigenvalue weighted by molar-refractivity contribution is 6.02. The van der Waals surface area contributed by atoms with Crippen LogP contribution in [0.15, 0.2) is 29.4 Å². The largest absolute Gasteiger partial charge is 0.508 e. The molecule has 15 heavy (non-hydrogen) atoms. The zero-order chi connectivity index (χ0) is 10.8. The summed E-state index contributed by atoms with van der Waals surface area (Å²) in [7, 11) is 0. The molecule has 2 unspecified atom stereocenters. The standard InChI is InChI=1S/C11H13NO3/c1-7-10(6-13)15-12-11(7)8-2-4-9(14)5-3-8/h2-5,7,10,13-14H,6H2,1H3. The van der Waals surface area contributed by atoms with Gasteiger partial charge in [0.15, 0.2) is 6.10 Å². The highest BCUT2D eigenvalue weighted by Gasteiger charge is 2.30. The smallest absolute Gasteiger partial charge is 0.158 e. The molecule has 2 rings (SSSR count). The summed E-state index contributed by atoms with van der Waals surface area (Å²) in [6.07, 6.45) is -0.256. The average molecular weight is 207 g/mol. The molecule has 0 saturated heterocycles. The molecule has 80 valence electrons. The van der Waals surface area contributed by atoms with Gasteiger partial charge in [-0.15, -0.1) is 0 Å². The molecule has 1 aromatic rings. The minimum absolute atomic E-state index is 0.0355. The number of aromatic hydroxyl groups is 1. The third-order valence-electron chi connectivity index (χ3n) is 2.62. The van der Waals surface area contributed by atoms with E-state index in [0.717, 1.165) is 11.3 Å². The molecule has 0 saturated carbocycles. The van der Waals surface area contributed by atoms with Crippen LogP contribution in [0.4, 0.5) is 0 Å². The van der Waals surface area contributed by atoms with Crippen molar-refractivity contribution in [2.24, 2.45) is 11.1 Å². The van der Waals surface area contributed by atoms with Crippen molar-refractivity contribution in [1.29, 1.82) is 0 Å². The molecular weight excluding hydrogens is 194 g/mol. The van der Waals surface area contributed by atoms with Crippen LogP contribution < -0.4 is 0 Å². The third kappa shape index (κ3) is 1.80. The van der Waals surface area contributed by atoms with E-state index in [1.165, 1.54) is 0 Å². The Hall–Kier alpha value is -1.55. The number of phenolic OH excluding ortho intramolecular Hbond substituents is 1. The molecule has 4 nitrogen and oxygen atoms in total. The molecule has 0 spiro atoms. The van der Waals surface area contributed by atoms with E-state index in [-0.39, 0.29) is 24.4 Å². The van der Waals surface area contributed by atoms with E-state index < -0.39 is 0 Å². The minimum atomic E-state index is -0.256. The Bertz CT molecular complexity index is 372. The molecule has 0 aromatic heterocycles. The lowest BCUT2D eigenvalue weighted by Crippen LogP contribution is -2.24. The molecule has 2 N–H and O–H groups in total. The van der Waals surface area contributed by atoms with Crippen molar-refractivity contribution in [3.8, 4) is 5.75 Å². The predicted molar refractivity (Wildman–Crippen MR) is 55.8 cm³/mol. The van der Waals surface area contributed by atoms with E-state index >= 15 is 0 Å². The third-order valence-corrected chi connectivity index (χ3v) is 2.62.